The smallest absolute Gasteiger partial charge is 0.387 e. The molecule has 0 bridgehead atoms. The molecule has 1 atom stereocenters. The summed E-state index contributed by atoms with van der Waals surface area (Å²) in [6, 6.07) is 10.8. The molecule has 0 aliphatic rings. The molecular formula is C18H16F2N2O5. The van der Waals surface area contributed by atoms with Gasteiger partial charge in [0.15, 0.2) is 6.10 Å². The van der Waals surface area contributed by atoms with E-state index in [1.54, 1.807) is 0 Å². The molecule has 0 fully saturated rings. The number of benzene rings is 2. The summed E-state index contributed by atoms with van der Waals surface area (Å²) >= 11 is 0. The molecule has 2 aromatic rings. The summed E-state index contributed by atoms with van der Waals surface area (Å²) in [7, 11) is 0. The van der Waals surface area contributed by atoms with E-state index in [9.17, 15) is 23.2 Å². The van der Waals surface area contributed by atoms with Crippen LogP contribution >= 0.6 is 0 Å². The molecule has 27 heavy (non-hydrogen) atoms. The fourth-order valence-electron chi connectivity index (χ4n) is 2.04. The van der Waals surface area contributed by atoms with Gasteiger partial charge in [0.05, 0.1) is 5.56 Å². The van der Waals surface area contributed by atoms with Crippen LogP contribution in [0.3, 0.4) is 0 Å². The lowest BCUT2D eigenvalue weighted by atomic mass is 10.2. The summed E-state index contributed by atoms with van der Waals surface area (Å²) in [6.45, 7) is -1.67. The number of anilines is 1. The van der Waals surface area contributed by atoms with Gasteiger partial charge in [-0.05, 0) is 49.4 Å². The van der Waals surface area contributed by atoms with Crippen molar-refractivity contribution in [1.29, 1.82) is 0 Å². The maximum Gasteiger partial charge on any atom is 0.387 e. The summed E-state index contributed by atoms with van der Waals surface area (Å²) < 4.78 is 33.7. The summed E-state index contributed by atoms with van der Waals surface area (Å²) in [6.07, 6.45) is -1.16. The number of nitrogens with one attached hydrogen (secondary N) is 1. The van der Waals surface area contributed by atoms with Gasteiger partial charge >= 0.3 is 12.6 Å². The second kappa shape index (κ2) is 8.75. The van der Waals surface area contributed by atoms with Crippen molar-refractivity contribution in [1.82, 2.24) is 0 Å². The van der Waals surface area contributed by atoms with Crippen molar-refractivity contribution in [2.24, 2.45) is 5.73 Å². The summed E-state index contributed by atoms with van der Waals surface area (Å²) in [5.41, 5.74) is 5.73. The zero-order valence-corrected chi connectivity index (χ0v) is 14.1. The summed E-state index contributed by atoms with van der Waals surface area (Å²) in [4.78, 5) is 35.2. The van der Waals surface area contributed by atoms with Crippen LogP contribution in [0.5, 0.6) is 5.75 Å². The normalized spacial score (nSPS) is 11.6. The molecule has 0 spiro atoms. The van der Waals surface area contributed by atoms with E-state index in [1.165, 1.54) is 49.4 Å². The first-order chi connectivity index (χ1) is 12.8. The van der Waals surface area contributed by atoms with Gasteiger partial charge in [0.1, 0.15) is 5.75 Å². The number of esters is 1. The lowest BCUT2D eigenvalue weighted by molar-refractivity contribution is -0.123. The number of primary amides is 1. The minimum Gasteiger partial charge on any atom is -0.449 e. The molecule has 0 saturated carbocycles. The van der Waals surface area contributed by atoms with Crippen LogP contribution in [0.25, 0.3) is 0 Å². The molecule has 142 valence electrons. The van der Waals surface area contributed by atoms with E-state index in [2.05, 4.69) is 10.1 Å². The molecular weight excluding hydrogens is 362 g/mol. The van der Waals surface area contributed by atoms with Gasteiger partial charge in [-0.2, -0.15) is 8.78 Å². The third kappa shape index (κ3) is 5.77. The third-order valence-electron chi connectivity index (χ3n) is 3.38. The van der Waals surface area contributed by atoms with Crippen LogP contribution < -0.4 is 15.8 Å². The number of amides is 2. The lowest BCUT2D eigenvalue weighted by Crippen LogP contribution is -2.30. The number of carbonyl (C=O) groups excluding carboxylic acids is 3. The maximum absolute atomic E-state index is 12.2. The Labute approximate surface area is 153 Å². The number of halogens is 2. The standard InChI is InChI=1S/C18H16F2N2O5/c1-10(16(24)22-13-7-5-11(6-8-13)15(21)23)26-17(25)12-3-2-4-14(9-12)27-18(19)20/h2-10,18H,1H3,(H2,21,23)(H,22,24)/t10-/m0/s1. The minimum atomic E-state index is -3.03. The van der Waals surface area contributed by atoms with Crippen molar-refractivity contribution in [2.45, 2.75) is 19.6 Å². The van der Waals surface area contributed by atoms with E-state index >= 15 is 0 Å². The third-order valence-corrected chi connectivity index (χ3v) is 3.38. The Bertz CT molecular complexity index is 840. The molecule has 3 N–H and O–H groups in total. The van der Waals surface area contributed by atoms with Gasteiger partial charge in [-0.1, -0.05) is 6.07 Å². The van der Waals surface area contributed by atoms with E-state index in [0.29, 0.717) is 5.69 Å². The Morgan fingerprint density at radius 3 is 2.30 bits per heavy atom. The molecule has 0 aliphatic carbocycles. The van der Waals surface area contributed by atoms with Crippen LogP contribution in [-0.2, 0) is 9.53 Å². The Morgan fingerprint density at radius 2 is 1.70 bits per heavy atom. The Hall–Kier alpha value is -3.49. The Balaban J connectivity index is 1.97. The van der Waals surface area contributed by atoms with Crippen LogP contribution in [-0.4, -0.2) is 30.5 Å². The van der Waals surface area contributed by atoms with Gasteiger partial charge in [0.2, 0.25) is 5.91 Å². The van der Waals surface area contributed by atoms with Crippen molar-refractivity contribution in [3.05, 3.63) is 59.7 Å². The molecule has 0 heterocycles. The van der Waals surface area contributed by atoms with Crippen molar-refractivity contribution in [2.75, 3.05) is 5.32 Å². The molecule has 0 unspecified atom stereocenters. The van der Waals surface area contributed by atoms with Crippen LogP contribution in [0, 0.1) is 0 Å². The number of hydrogen-bond donors (Lipinski definition) is 2. The van der Waals surface area contributed by atoms with Gasteiger partial charge in [-0.25, -0.2) is 4.79 Å². The highest BCUT2D eigenvalue weighted by Gasteiger charge is 2.20. The first-order valence-corrected chi connectivity index (χ1v) is 7.73. The SMILES string of the molecule is C[C@H](OC(=O)c1cccc(OC(F)F)c1)C(=O)Nc1ccc(C(N)=O)cc1. The highest BCUT2D eigenvalue weighted by Crippen LogP contribution is 2.17. The molecule has 2 amide bonds. The van der Waals surface area contributed by atoms with E-state index < -0.39 is 30.5 Å². The predicted octanol–water partition coefficient (Wildman–Crippen LogP) is 2.57. The number of carbonyl (C=O) groups is 3. The monoisotopic (exact) mass is 378 g/mol. The van der Waals surface area contributed by atoms with Crippen LogP contribution in [0.2, 0.25) is 0 Å². The van der Waals surface area contributed by atoms with Crippen molar-refractivity contribution < 1.29 is 32.6 Å². The molecule has 2 aromatic carbocycles. The Kier molecular flexibility index (Phi) is 6.42. The molecule has 2 rings (SSSR count). The van der Waals surface area contributed by atoms with E-state index in [0.717, 1.165) is 6.07 Å². The maximum atomic E-state index is 12.2. The number of nitrogens with two attached hydrogens (primary N) is 1. The summed E-state index contributed by atoms with van der Waals surface area (Å²) in [5, 5.41) is 2.51. The molecule has 7 nitrogen and oxygen atoms in total. The second-order valence-electron chi connectivity index (χ2n) is 5.38. The topological polar surface area (TPSA) is 108 Å². The van der Waals surface area contributed by atoms with Crippen molar-refractivity contribution in [3.63, 3.8) is 0 Å². The quantitative estimate of drug-likeness (QED) is 0.720. The van der Waals surface area contributed by atoms with Crippen LogP contribution in [0.4, 0.5) is 14.5 Å². The van der Waals surface area contributed by atoms with Gasteiger partial charge in [0.25, 0.3) is 5.91 Å². The van der Waals surface area contributed by atoms with Gasteiger partial charge in [-0.15, -0.1) is 0 Å². The van der Waals surface area contributed by atoms with E-state index in [4.69, 9.17) is 10.5 Å². The van der Waals surface area contributed by atoms with Crippen LogP contribution in [0.1, 0.15) is 27.6 Å². The zero-order valence-electron chi connectivity index (χ0n) is 14.1. The van der Waals surface area contributed by atoms with E-state index in [-0.39, 0.29) is 16.9 Å². The molecule has 0 aromatic heterocycles. The van der Waals surface area contributed by atoms with Crippen molar-refractivity contribution in [3.8, 4) is 5.75 Å². The first-order valence-electron chi connectivity index (χ1n) is 7.73. The van der Waals surface area contributed by atoms with Crippen LogP contribution in [0.15, 0.2) is 48.5 Å². The predicted molar refractivity (Wildman–Crippen MR) is 91.5 cm³/mol. The number of hydrogen-bond acceptors (Lipinski definition) is 5. The molecule has 0 aliphatic heterocycles. The molecule has 0 radical (unpaired) electrons. The van der Waals surface area contributed by atoms with Gasteiger partial charge < -0.3 is 20.5 Å². The Morgan fingerprint density at radius 1 is 1.04 bits per heavy atom. The first kappa shape index (κ1) is 19.8. The number of rotatable bonds is 7. The second-order valence-corrected chi connectivity index (χ2v) is 5.38. The highest BCUT2D eigenvalue weighted by molar-refractivity contribution is 5.98. The average Bonchev–Trinajstić information content (AvgIpc) is 2.61. The number of ether oxygens (including phenoxy) is 2. The van der Waals surface area contributed by atoms with E-state index in [1.807, 2.05) is 0 Å². The van der Waals surface area contributed by atoms with Gasteiger partial charge in [-0.3, -0.25) is 9.59 Å². The fourth-order valence-corrected chi connectivity index (χ4v) is 2.04. The highest BCUT2D eigenvalue weighted by atomic mass is 19.3. The largest absolute Gasteiger partial charge is 0.449 e. The molecule has 9 heteroatoms. The fraction of sp³-hybridized carbons (Fsp3) is 0.167. The number of alkyl halides is 2. The van der Waals surface area contributed by atoms with Crippen molar-refractivity contribution >= 4 is 23.5 Å². The zero-order chi connectivity index (χ0) is 20.0. The minimum absolute atomic E-state index is 0.0430. The summed E-state index contributed by atoms with van der Waals surface area (Å²) in [5.74, 6) is -2.30. The lowest BCUT2D eigenvalue weighted by Gasteiger charge is -2.14. The van der Waals surface area contributed by atoms with Gasteiger partial charge in [0, 0.05) is 11.3 Å². The molecule has 0 saturated heterocycles. The average molecular weight is 378 g/mol.